The smallest absolute Gasteiger partial charge is 0.315 e. The number of hydrogen-bond acceptors (Lipinski definition) is 2. The van der Waals surface area contributed by atoms with E-state index in [1.165, 1.54) is 0 Å². The van der Waals surface area contributed by atoms with Gasteiger partial charge >= 0.3 is 6.03 Å². The van der Waals surface area contributed by atoms with Crippen LogP contribution in [-0.2, 0) is 6.54 Å². The van der Waals surface area contributed by atoms with Crippen molar-refractivity contribution in [2.45, 2.75) is 19.1 Å². The van der Waals surface area contributed by atoms with E-state index < -0.39 is 6.10 Å². The minimum Gasteiger partial charge on any atom is -0.388 e. The molecule has 3 rings (SSSR count). The molecule has 0 heterocycles. The second-order valence-corrected chi connectivity index (χ2v) is 5.97. The van der Waals surface area contributed by atoms with Gasteiger partial charge in [0.25, 0.3) is 0 Å². The lowest BCUT2D eigenvalue weighted by Crippen LogP contribution is -2.36. The highest BCUT2D eigenvalue weighted by Crippen LogP contribution is 2.25. The topological polar surface area (TPSA) is 61.4 Å². The number of fused-ring (bicyclic) bond motifs is 1. The van der Waals surface area contributed by atoms with Crippen LogP contribution >= 0.6 is 0 Å². The molecule has 0 aromatic heterocycles. The average molecular weight is 334 g/mol. The van der Waals surface area contributed by atoms with Gasteiger partial charge < -0.3 is 15.7 Å². The number of aliphatic hydroxyl groups excluding tert-OH is 1. The molecule has 0 fully saturated rings. The molecule has 2 amide bonds. The number of carbonyl (C=O) groups is 1. The Morgan fingerprint density at radius 3 is 2.44 bits per heavy atom. The lowest BCUT2D eigenvalue weighted by molar-refractivity contribution is 0.168. The third-order valence-electron chi connectivity index (χ3n) is 4.18. The molecule has 3 N–H and O–H groups in total. The zero-order valence-electron chi connectivity index (χ0n) is 14.0. The zero-order valence-corrected chi connectivity index (χ0v) is 14.0. The maximum atomic E-state index is 11.8. The Kier molecular flexibility index (Phi) is 5.65. The summed E-state index contributed by atoms with van der Waals surface area (Å²) >= 11 is 0. The van der Waals surface area contributed by atoms with Gasteiger partial charge in [-0.25, -0.2) is 4.79 Å². The van der Waals surface area contributed by atoms with Crippen molar-refractivity contribution in [3.8, 4) is 0 Å². The van der Waals surface area contributed by atoms with E-state index in [0.29, 0.717) is 19.5 Å². The van der Waals surface area contributed by atoms with Crippen LogP contribution in [0.1, 0.15) is 23.7 Å². The number of aliphatic hydroxyl groups is 1. The van der Waals surface area contributed by atoms with Gasteiger partial charge in [-0.3, -0.25) is 0 Å². The molecule has 3 aromatic carbocycles. The summed E-state index contributed by atoms with van der Waals surface area (Å²) in [5, 5.41) is 18.2. The van der Waals surface area contributed by atoms with Gasteiger partial charge in [0.05, 0.1) is 6.10 Å². The van der Waals surface area contributed by atoms with E-state index in [2.05, 4.69) is 10.6 Å². The van der Waals surface area contributed by atoms with Crippen LogP contribution in [0.4, 0.5) is 4.79 Å². The van der Waals surface area contributed by atoms with E-state index in [-0.39, 0.29) is 6.03 Å². The Balaban J connectivity index is 1.49. The van der Waals surface area contributed by atoms with Gasteiger partial charge in [0.1, 0.15) is 0 Å². The van der Waals surface area contributed by atoms with Crippen LogP contribution < -0.4 is 10.6 Å². The molecule has 0 saturated heterocycles. The lowest BCUT2D eigenvalue weighted by atomic mass is 9.99. The summed E-state index contributed by atoms with van der Waals surface area (Å²) in [7, 11) is 0. The second kappa shape index (κ2) is 8.31. The predicted octanol–water partition coefficient (Wildman–Crippen LogP) is 3.76. The summed E-state index contributed by atoms with van der Waals surface area (Å²) in [6.45, 7) is 0.892. The summed E-state index contributed by atoms with van der Waals surface area (Å²) in [6.07, 6.45) is -0.146. The molecule has 0 spiro atoms. The highest BCUT2D eigenvalue weighted by Gasteiger charge is 2.11. The molecule has 0 radical (unpaired) electrons. The standard InChI is InChI=1S/C21H22N2O2/c24-20(19-12-6-10-17-9-4-5-11-18(17)19)13-14-22-21(25)23-15-16-7-2-1-3-8-16/h1-12,20,24H,13-15H2,(H2,22,23,25). The number of benzene rings is 3. The average Bonchev–Trinajstić information content (AvgIpc) is 2.66. The molecule has 0 saturated carbocycles. The third kappa shape index (κ3) is 4.58. The molecule has 0 aliphatic carbocycles. The van der Waals surface area contributed by atoms with Crippen molar-refractivity contribution in [2.75, 3.05) is 6.54 Å². The number of urea groups is 1. The quantitative estimate of drug-likeness (QED) is 0.643. The van der Waals surface area contributed by atoms with Crippen molar-refractivity contribution < 1.29 is 9.90 Å². The number of nitrogens with one attached hydrogen (secondary N) is 2. The largest absolute Gasteiger partial charge is 0.388 e. The first-order chi connectivity index (χ1) is 12.2. The fraction of sp³-hybridized carbons (Fsp3) is 0.190. The normalized spacial score (nSPS) is 11.9. The van der Waals surface area contributed by atoms with Crippen LogP contribution in [0.2, 0.25) is 0 Å². The highest BCUT2D eigenvalue weighted by atomic mass is 16.3. The molecule has 3 aromatic rings. The van der Waals surface area contributed by atoms with Gasteiger partial charge in [-0.2, -0.15) is 0 Å². The molecule has 4 nitrogen and oxygen atoms in total. The molecular formula is C21H22N2O2. The Morgan fingerprint density at radius 1 is 0.880 bits per heavy atom. The van der Waals surface area contributed by atoms with Crippen molar-refractivity contribution in [1.29, 1.82) is 0 Å². The van der Waals surface area contributed by atoms with Crippen molar-refractivity contribution in [1.82, 2.24) is 10.6 Å². The van der Waals surface area contributed by atoms with E-state index in [1.54, 1.807) is 0 Å². The van der Waals surface area contributed by atoms with Crippen LogP contribution in [0.3, 0.4) is 0 Å². The molecule has 1 atom stereocenters. The van der Waals surface area contributed by atoms with Gasteiger partial charge in [0.2, 0.25) is 0 Å². The minimum atomic E-state index is -0.611. The second-order valence-electron chi connectivity index (χ2n) is 5.97. The van der Waals surface area contributed by atoms with Crippen LogP contribution in [0.5, 0.6) is 0 Å². The maximum absolute atomic E-state index is 11.8. The highest BCUT2D eigenvalue weighted by molar-refractivity contribution is 5.86. The van der Waals surface area contributed by atoms with Crippen LogP contribution in [0, 0.1) is 0 Å². The lowest BCUT2D eigenvalue weighted by Gasteiger charge is -2.14. The summed E-state index contributed by atoms with van der Waals surface area (Å²) in [5.74, 6) is 0. The molecule has 25 heavy (non-hydrogen) atoms. The predicted molar refractivity (Wildman–Crippen MR) is 100 cm³/mol. The number of rotatable bonds is 6. The van der Waals surface area contributed by atoms with Gasteiger partial charge in [-0.15, -0.1) is 0 Å². The molecule has 4 heteroatoms. The summed E-state index contributed by atoms with van der Waals surface area (Å²) < 4.78 is 0. The van der Waals surface area contributed by atoms with Crippen LogP contribution in [0.25, 0.3) is 10.8 Å². The van der Waals surface area contributed by atoms with Gasteiger partial charge in [-0.05, 0) is 28.3 Å². The number of amides is 2. The van der Waals surface area contributed by atoms with E-state index in [4.69, 9.17) is 0 Å². The van der Waals surface area contributed by atoms with E-state index in [0.717, 1.165) is 21.9 Å². The van der Waals surface area contributed by atoms with Crippen molar-refractivity contribution in [2.24, 2.45) is 0 Å². The van der Waals surface area contributed by atoms with Crippen molar-refractivity contribution >= 4 is 16.8 Å². The summed E-state index contributed by atoms with van der Waals surface area (Å²) in [4.78, 5) is 11.8. The van der Waals surface area contributed by atoms with Crippen molar-refractivity contribution in [3.05, 3.63) is 83.9 Å². The minimum absolute atomic E-state index is 0.228. The van der Waals surface area contributed by atoms with E-state index in [1.807, 2.05) is 72.8 Å². The Morgan fingerprint density at radius 2 is 1.60 bits per heavy atom. The summed E-state index contributed by atoms with van der Waals surface area (Å²) in [6, 6.07) is 23.4. The molecule has 0 aliphatic rings. The Bertz CT molecular complexity index is 828. The molecule has 0 bridgehead atoms. The van der Waals surface area contributed by atoms with E-state index in [9.17, 15) is 9.90 Å². The third-order valence-corrected chi connectivity index (χ3v) is 4.18. The molecular weight excluding hydrogens is 312 g/mol. The van der Waals surface area contributed by atoms with E-state index >= 15 is 0 Å². The van der Waals surface area contributed by atoms with Gasteiger partial charge in [-0.1, -0.05) is 72.8 Å². The fourth-order valence-electron chi connectivity index (χ4n) is 2.86. The molecule has 0 aliphatic heterocycles. The molecule has 1 unspecified atom stereocenters. The first-order valence-electron chi connectivity index (χ1n) is 8.45. The monoisotopic (exact) mass is 334 g/mol. The van der Waals surface area contributed by atoms with Gasteiger partial charge in [0, 0.05) is 13.1 Å². The van der Waals surface area contributed by atoms with Crippen LogP contribution in [-0.4, -0.2) is 17.7 Å². The maximum Gasteiger partial charge on any atom is 0.315 e. The fourth-order valence-corrected chi connectivity index (χ4v) is 2.86. The SMILES string of the molecule is O=C(NCCC(O)c1cccc2ccccc12)NCc1ccccc1. The summed E-state index contributed by atoms with van der Waals surface area (Å²) in [5.41, 5.74) is 1.94. The zero-order chi connectivity index (χ0) is 17.5. The van der Waals surface area contributed by atoms with Crippen LogP contribution in [0.15, 0.2) is 72.8 Å². The Labute approximate surface area is 147 Å². The number of hydrogen-bond donors (Lipinski definition) is 3. The number of carbonyl (C=O) groups excluding carboxylic acids is 1. The molecule has 128 valence electrons. The first kappa shape index (κ1) is 17.0. The Hall–Kier alpha value is -2.85. The first-order valence-corrected chi connectivity index (χ1v) is 8.45. The van der Waals surface area contributed by atoms with Gasteiger partial charge in [0.15, 0.2) is 0 Å². The van der Waals surface area contributed by atoms with Crippen molar-refractivity contribution in [3.63, 3.8) is 0 Å².